The van der Waals surface area contributed by atoms with Crippen LogP contribution in [0.25, 0.3) is 0 Å². The molecule has 0 amide bonds. The minimum Gasteiger partial charge on any atom is -0.486 e. The number of benzene rings is 1. The maximum absolute atomic E-state index is 10.6. The molecule has 1 aromatic carbocycles. The van der Waals surface area contributed by atoms with Gasteiger partial charge in [0.05, 0.1) is 4.47 Å². The van der Waals surface area contributed by atoms with Gasteiger partial charge in [-0.15, -0.1) is 0 Å². The van der Waals surface area contributed by atoms with E-state index in [0.29, 0.717) is 34.7 Å². The van der Waals surface area contributed by atoms with Gasteiger partial charge in [-0.3, -0.25) is 0 Å². The molecule has 1 unspecified atom stereocenters. The average Bonchev–Trinajstić information content (AvgIpc) is 2.29. The summed E-state index contributed by atoms with van der Waals surface area (Å²) >= 11 is 3.33. The Kier molecular flexibility index (Phi) is 3.54. The van der Waals surface area contributed by atoms with Gasteiger partial charge in [-0.05, 0) is 33.6 Å². The molecule has 1 aliphatic rings. The smallest absolute Gasteiger partial charge is 0.332 e. The van der Waals surface area contributed by atoms with Gasteiger partial charge >= 0.3 is 5.97 Å². The van der Waals surface area contributed by atoms with Crippen LogP contribution < -0.4 is 9.47 Å². The summed E-state index contributed by atoms with van der Waals surface area (Å²) in [7, 11) is 0. The number of aliphatic carboxylic acids is 1. The fourth-order valence-corrected chi connectivity index (χ4v) is 2.20. The zero-order valence-corrected chi connectivity index (χ0v) is 10.4. The fraction of sp³-hybridized carbons (Fsp3) is 0.364. The van der Waals surface area contributed by atoms with Gasteiger partial charge < -0.3 is 19.7 Å². The van der Waals surface area contributed by atoms with Gasteiger partial charge in [-0.1, -0.05) is 0 Å². The Bertz CT molecular complexity index is 446. The molecule has 2 rings (SSSR count). The molecule has 0 radical (unpaired) electrons. The van der Waals surface area contributed by atoms with Crippen molar-refractivity contribution in [1.82, 2.24) is 0 Å². The van der Waals surface area contributed by atoms with Gasteiger partial charge in [0.15, 0.2) is 17.6 Å². The summed E-state index contributed by atoms with van der Waals surface area (Å²) in [6.07, 6.45) is -1.38. The number of aliphatic hydroxyl groups excluding tert-OH is 1. The number of ether oxygens (including phenoxy) is 2. The first-order valence-corrected chi connectivity index (χ1v) is 5.86. The summed E-state index contributed by atoms with van der Waals surface area (Å²) in [4.78, 5) is 10.6. The predicted molar refractivity (Wildman–Crippen MR) is 62.5 cm³/mol. The first kappa shape index (κ1) is 12.2. The molecule has 1 heterocycles. The Hall–Kier alpha value is -1.27. The van der Waals surface area contributed by atoms with E-state index in [0.717, 1.165) is 0 Å². The fourth-order valence-electron chi connectivity index (χ4n) is 1.59. The highest BCUT2D eigenvalue weighted by Gasteiger charge is 2.19. The number of hydrogen-bond donors (Lipinski definition) is 2. The number of carboxylic acids is 1. The monoisotopic (exact) mass is 302 g/mol. The zero-order valence-electron chi connectivity index (χ0n) is 8.85. The summed E-state index contributed by atoms with van der Waals surface area (Å²) in [6, 6.07) is 3.41. The maximum Gasteiger partial charge on any atom is 0.332 e. The zero-order chi connectivity index (χ0) is 12.4. The topological polar surface area (TPSA) is 76.0 Å². The normalized spacial score (nSPS) is 15.4. The standard InChI is InChI=1S/C11H11BrO5/c12-7-3-6(4-8(13)11(14)15)5-9-10(7)17-2-1-16-9/h3,5,8,13H,1-2,4H2,(H,14,15). The van der Waals surface area contributed by atoms with Crippen molar-refractivity contribution in [2.75, 3.05) is 13.2 Å². The number of carboxylic acid groups (broad SMARTS) is 1. The second-order valence-electron chi connectivity index (χ2n) is 3.66. The molecular weight excluding hydrogens is 292 g/mol. The lowest BCUT2D eigenvalue weighted by Crippen LogP contribution is -2.22. The first-order chi connectivity index (χ1) is 8.08. The molecule has 2 N–H and O–H groups in total. The van der Waals surface area contributed by atoms with Crippen LogP contribution in [-0.2, 0) is 11.2 Å². The lowest BCUT2D eigenvalue weighted by atomic mass is 10.1. The van der Waals surface area contributed by atoms with Crippen LogP contribution >= 0.6 is 15.9 Å². The quantitative estimate of drug-likeness (QED) is 0.878. The minimum atomic E-state index is -1.41. The molecule has 0 saturated carbocycles. The second-order valence-corrected chi connectivity index (χ2v) is 4.51. The summed E-state index contributed by atoms with van der Waals surface area (Å²) in [5.74, 6) is -0.0564. The lowest BCUT2D eigenvalue weighted by Gasteiger charge is -2.20. The molecule has 92 valence electrons. The Labute approximate surface area is 106 Å². The van der Waals surface area contributed by atoms with Crippen LogP contribution in [0.1, 0.15) is 5.56 Å². The molecule has 5 nitrogen and oxygen atoms in total. The molecule has 1 atom stereocenters. The van der Waals surface area contributed by atoms with Crippen LogP contribution in [0.4, 0.5) is 0 Å². The van der Waals surface area contributed by atoms with Gasteiger partial charge in [-0.25, -0.2) is 4.79 Å². The highest BCUT2D eigenvalue weighted by molar-refractivity contribution is 9.10. The molecule has 1 aliphatic heterocycles. The number of hydrogen-bond acceptors (Lipinski definition) is 4. The third-order valence-electron chi connectivity index (χ3n) is 2.37. The SMILES string of the molecule is O=C(O)C(O)Cc1cc(Br)c2c(c1)OCCO2. The number of aliphatic hydroxyl groups is 1. The summed E-state index contributed by atoms with van der Waals surface area (Å²) in [5.41, 5.74) is 0.677. The van der Waals surface area contributed by atoms with Crippen LogP contribution in [0.15, 0.2) is 16.6 Å². The molecule has 17 heavy (non-hydrogen) atoms. The van der Waals surface area contributed by atoms with Crippen molar-refractivity contribution >= 4 is 21.9 Å². The van der Waals surface area contributed by atoms with Crippen LogP contribution in [0, 0.1) is 0 Å². The van der Waals surface area contributed by atoms with Crippen LogP contribution in [0.5, 0.6) is 11.5 Å². The van der Waals surface area contributed by atoms with Crippen molar-refractivity contribution in [3.63, 3.8) is 0 Å². The summed E-state index contributed by atoms with van der Waals surface area (Å²) in [5, 5.41) is 17.9. The van der Waals surface area contributed by atoms with Crippen molar-refractivity contribution in [3.05, 3.63) is 22.2 Å². The molecular formula is C11H11BrO5. The molecule has 0 saturated heterocycles. The van der Waals surface area contributed by atoms with Gasteiger partial charge in [0.1, 0.15) is 13.2 Å². The maximum atomic E-state index is 10.6. The largest absolute Gasteiger partial charge is 0.486 e. The van der Waals surface area contributed by atoms with Gasteiger partial charge in [0.25, 0.3) is 0 Å². The summed E-state index contributed by atoms with van der Waals surface area (Å²) < 4.78 is 11.5. The molecule has 0 aliphatic carbocycles. The Balaban J connectivity index is 2.25. The third kappa shape index (κ3) is 2.70. The van der Waals surface area contributed by atoms with E-state index in [1.807, 2.05) is 0 Å². The van der Waals surface area contributed by atoms with Crippen molar-refractivity contribution in [3.8, 4) is 11.5 Å². The average molecular weight is 303 g/mol. The van der Waals surface area contributed by atoms with Crippen molar-refractivity contribution in [1.29, 1.82) is 0 Å². The van der Waals surface area contributed by atoms with E-state index in [1.54, 1.807) is 12.1 Å². The molecule has 6 heteroatoms. The van der Waals surface area contributed by atoms with Crippen LogP contribution in [0.2, 0.25) is 0 Å². The van der Waals surface area contributed by atoms with Crippen molar-refractivity contribution in [2.24, 2.45) is 0 Å². The Morgan fingerprint density at radius 3 is 2.82 bits per heavy atom. The van der Waals surface area contributed by atoms with E-state index < -0.39 is 12.1 Å². The summed E-state index contributed by atoms with van der Waals surface area (Å²) in [6.45, 7) is 0.951. The molecule has 0 spiro atoms. The number of fused-ring (bicyclic) bond motifs is 1. The highest BCUT2D eigenvalue weighted by atomic mass is 79.9. The van der Waals surface area contributed by atoms with Crippen molar-refractivity contribution < 1.29 is 24.5 Å². The van der Waals surface area contributed by atoms with E-state index in [-0.39, 0.29) is 6.42 Å². The van der Waals surface area contributed by atoms with E-state index in [9.17, 15) is 9.90 Å². The number of carbonyl (C=O) groups is 1. The van der Waals surface area contributed by atoms with Gasteiger partial charge in [-0.2, -0.15) is 0 Å². The molecule has 0 bridgehead atoms. The number of halogens is 1. The van der Waals surface area contributed by atoms with Crippen molar-refractivity contribution in [2.45, 2.75) is 12.5 Å². The highest BCUT2D eigenvalue weighted by Crippen LogP contribution is 2.38. The predicted octanol–water partition coefficient (Wildman–Crippen LogP) is 1.21. The molecule has 0 fully saturated rings. The van der Waals surface area contributed by atoms with E-state index in [1.165, 1.54) is 0 Å². The number of rotatable bonds is 3. The first-order valence-electron chi connectivity index (χ1n) is 5.07. The van der Waals surface area contributed by atoms with E-state index in [4.69, 9.17) is 14.6 Å². The van der Waals surface area contributed by atoms with E-state index in [2.05, 4.69) is 15.9 Å². The van der Waals surface area contributed by atoms with E-state index >= 15 is 0 Å². The molecule has 1 aromatic rings. The lowest BCUT2D eigenvalue weighted by molar-refractivity contribution is -0.146. The second kappa shape index (κ2) is 4.93. The van der Waals surface area contributed by atoms with Gasteiger partial charge in [0.2, 0.25) is 0 Å². The molecule has 0 aromatic heterocycles. The third-order valence-corrected chi connectivity index (χ3v) is 2.96. The minimum absolute atomic E-state index is 0.0323. The Morgan fingerprint density at radius 2 is 2.12 bits per heavy atom. The van der Waals surface area contributed by atoms with Crippen LogP contribution in [-0.4, -0.2) is 35.5 Å². The Morgan fingerprint density at radius 1 is 1.41 bits per heavy atom. The van der Waals surface area contributed by atoms with Gasteiger partial charge in [0, 0.05) is 6.42 Å². The van der Waals surface area contributed by atoms with Crippen LogP contribution in [0.3, 0.4) is 0 Å².